The van der Waals surface area contributed by atoms with Gasteiger partial charge < -0.3 is 24.5 Å². The monoisotopic (exact) mass is 449 g/mol. The van der Waals surface area contributed by atoms with E-state index in [1.54, 1.807) is 6.26 Å². The molecule has 2 saturated heterocycles. The minimum absolute atomic E-state index is 0. The van der Waals surface area contributed by atoms with E-state index in [4.69, 9.17) is 18.9 Å². The van der Waals surface area contributed by atoms with Gasteiger partial charge >= 0.3 is 0 Å². The lowest BCUT2D eigenvalue weighted by molar-refractivity contribution is 0.0789. The number of rotatable bonds is 5. The first kappa shape index (κ1) is 19.5. The number of nitrogens with zero attached hydrogens (tertiary/aromatic N) is 1. The molecular weight excluding hydrogens is 421 g/mol. The molecular formula is C17H28IN3O3. The van der Waals surface area contributed by atoms with Gasteiger partial charge in [-0.15, -0.1) is 24.0 Å². The lowest BCUT2D eigenvalue weighted by Gasteiger charge is -2.29. The molecule has 1 aromatic heterocycles. The molecule has 3 heterocycles. The summed E-state index contributed by atoms with van der Waals surface area (Å²) in [5, 5.41) is 7.14. The predicted molar refractivity (Wildman–Crippen MR) is 104 cm³/mol. The van der Waals surface area contributed by atoms with E-state index in [0.29, 0.717) is 12.1 Å². The molecule has 0 saturated carbocycles. The van der Waals surface area contributed by atoms with Crippen molar-refractivity contribution in [1.82, 2.24) is 10.6 Å². The molecule has 2 aliphatic heterocycles. The van der Waals surface area contributed by atoms with Gasteiger partial charge in [0.1, 0.15) is 5.76 Å². The number of ether oxygens (including phenoxy) is 2. The Balaban J connectivity index is 0.00000208. The molecule has 7 heteroatoms. The number of nitrogens with one attached hydrogen (secondary N) is 2. The smallest absolute Gasteiger partial charge is 0.191 e. The van der Waals surface area contributed by atoms with Gasteiger partial charge in [0, 0.05) is 51.5 Å². The molecule has 2 fully saturated rings. The zero-order valence-corrected chi connectivity index (χ0v) is 16.4. The second-order valence-electron chi connectivity index (χ2n) is 6.12. The molecule has 24 heavy (non-hydrogen) atoms. The van der Waals surface area contributed by atoms with E-state index in [9.17, 15) is 0 Å². The molecule has 0 spiro atoms. The van der Waals surface area contributed by atoms with Gasteiger partial charge in [-0.1, -0.05) is 0 Å². The molecule has 0 bridgehead atoms. The topological polar surface area (TPSA) is 68.0 Å². The van der Waals surface area contributed by atoms with Gasteiger partial charge in [0.25, 0.3) is 0 Å². The summed E-state index contributed by atoms with van der Waals surface area (Å²) in [5.74, 6) is 1.89. The molecule has 136 valence electrons. The second kappa shape index (κ2) is 10.9. The molecule has 2 aliphatic rings. The summed E-state index contributed by atoms with van der Waals surface area (Å²) in [5.41, 5.74) is 0. The average Bonchev–Trinajstić information content (AvgIpc) is 3.10. The van der Waals surface area contributed by atoms with E-state index in [2.05, 4.69) is 10.6 Å². The Hall–Kier alpha value is -0.800. The van der Waals surface area contributed by atoms with Crippen molar-refractivity contribution < 1.29 is 13.9 Å². The highest BCUT2D eigenvalue weighted by Crippen LogP contribution is 2.09. The zero-order chi connectivity index (χ0) is 15.7. The van der Waals surface area contributed by atoms with E-state index >= 15 is 0 Å². The third-order valence-electron chi connectivity index (χ3n) is 4.33. The molecule has 0 radical (unpaired) electrons. The van der Waals surface area contributed by atoms with Crippen molar-refractivity contribution >= 4 is 29.9 Å². The third kappa shape index (κ3) is 6.60. The largest absolute Gasteiger partial charge is 0.469 e. The van der Waals surface area contributed by atoms with Crippen molar-refractivity contribution in [3.8, 4) is 0 Å². The Morgan fingerprint density at radius 1 is 1.00 bits per heavy atom. The van der Waals surface area contributed by atoms with Gasteiger partial charge in [-0.25, -0.2) is 0 Å². The number of aliphatic imine (C=N–C) groups is 1. The molecule has 0 aromatic carbocycles. The minimum Gasteiger partial charge on any atom is -0.469 e. The summed E-state index contributed by atoms with van der Waals surface area (Å²) in [6.45, 7) is 4.03. The van der Waals surface area contributed by atoms with Gasteiger partial charge in [-0.2, -0.15) is 0 Å². The second-order valence-corrected chi connectivity index (χ2v) is 6.12. The molecule has 6 nitrogen and oxygen atoms in total. The summed E-state index contributed by atoms with van der Waals surface area (Å²) >= 11 is 0. The maximum Gasteiger partial charge on any atom is 0.191 e. The Bertz CT molecular complexity index is 447. The van der Waals surface area contributed by atoms with Gasteiger partial charge in [0.2, 0.25) is 0 Å². The van der Waals surface area contributed by atoms with Crippen LogP contribution in [0.25, 0.3) is 0 Å². The van der Waals surface area contributed by atoms with E-state index in [0.717, 1.165) is 76.8 Å². The van der Waals surface area contributed by atoms with Crippen LogP contribution in [0.3, 0.4) is 0 Å². The summed E-state index contributed by atoms with van der Waals surface area (Å²) in [6.07, 6.45) is 6.67. The Labute approximate surface area is 160 Å². The number of halogens is 1. The first-order valence-corrected chi connectivity index (χ1v) is 8.65. The van der Waals surface area contributed by atoms with Crippen LogP contribution in [0.2, 0.25) is 0 Å². The van der Waals surface area contributed by atoms with Gasteiger partial charge in [0.15, 0.2) is 5.96 Å². The van der Waals surface area contributed by atoms with Crippen molar-refractivity contribution in [2.75, 3.05) is 33.0 Å². The van der Waals surface area contributed by atoms with Crippen LogP contribution in [-0.4, -0.2) is 51.0 Å². The van der Waals surface area contributed by atoms with E-state index in [-0.39, 0.29) is 24.0 Å². The molecule has 0 unspecified atom stereocenters. The van der Waals surface area contributed by atoms with Crippen LogP contribution in [0.4, 0.5) is 0 Å². The van der Waals surface area contributed by atoms with E-state index in [1.165, 1.54) is 0 Å². The maximum atomic E-state index is 5.43. The maximum absolute atomic E-state index is 5.43. The fourth-order valence-electron chi connectivity index (χ4n) is 2.94. The van der Waals surface area contributed by atoms with Crippen molar-refractivity contribution in [3.63, 3.8) is 0 Å². The zero-order valence-electron chi connectivity index (χ0n) is 14.0. The quantitative estimate of drug-likeness (QED) is 0.411. The number of hydrogen-bond donors (Lipinski definition) is 2. The van der Waals surface area contributed by atoms with Crippen molar-refractivity contribution in [2.45, 2.75) is 44.2 Å². The molecule has 2 N–H and O–H groups in total. The number of hydrogen-bond acceptors (Lipinski definition) is 4. The first-order chi connectivity index (χ1) is 11.4. The van der Waals surface area contributed by atoms with Crippen LogP contribution in [-0.2, 0) is 15.9 Å². The number of furan rings is 1. The SMILES string of the molecule is I.c1coc(CCN=C(NC2CCOCC2)NC2CCOCC2)c1. The highest BCUT2D eigenvalue weighted by molar-refractivity contribution is 14.0. The Morgan fingerprint density at radius 3 is 2.08 bits per heavy atom. The molecule has 0 aliphatic carbocycles. The Morgan fingerprint density at radius 2 is 1.58 bits per heavy atom. The fourth-order valence-corrected chi connectivity index (χ4v) is 2.94. The molecule has 0 amide bonds. The summed E-state index contributed by atoms with van der Waals surface area (Å²) in [4.78, 5) is 4.74. The van der Waals surface area contributed by atoms with Crippen LogP contribution >= 0.6 is 24.0 Å². The van der Waals surface area contributed by atoms with Gasteiger partial charge in [0.05, 0.1) is 6.26 Å². The van der Waals surface area contributed by atoms with Crippen molar-refractivity contribution in [3.05, 3.63) is 24.2 Å². The molecule has 3 rings (SSSR count). The number of guanidine groups is 1. The van der Waals surface area contributed by atoms with Gasteiger partial charge in [-0.3, -0.25) is 4.99 Å². The van der Waals surface area contributed by atoms with Crippen LogP contribution in [0.15, 0.2) is 27.8 Å². The average molecular weight is 449 g/mol. The summed E-state index contributed by atoms with van der Waals surface area (Å²) in [6, 6.07) is 4.80. The third-order valence-corrected chi connectivity index (χ3v) is 4.33. The van der Waals surface area contributed by atoms with Crippen LogP contribution in [0.5, 0.6) is 0 Å². The van der Waals surface area contributed by atoms with E-state index < -0.39 is 0 Å². The van der Waals surface area contributed by atoms with Crippen LogP contribution < -0.4 is 10.6 Å². The molecule has 1 aromatic rings. The fraction of sp³-hybridized carbons (Fsp3) is 0.706. The predicted octanol–water partition coefficient (Wildman–Crippen LogP) is 2.33. The lowest BCUT2D eigenvalue weighted by atomic mass is 10.1. The standard InChI is InChI=1S/C17H27N3O3.HI/c1-2-16(23-9-1)3-8-18-17(19-14-4-10-21-11-5-14)20-15-6-12-22-13-7-15;/h1-2,9,14-15H,3-8,10-13H2,(H2,18,19,20);1H. The van der Waals surface area contributed by atoms with Crippen LogP contribution in [0.1, 0.15) is 31.4 Å². The Kier molecular flexibility index (Phi) is 8.90. The van der Waals surface area contributed by atoms with Gasteiger partial charge in [-0.05, 0) is 37.8 Å². The summed E-state index contributed by atoms with van der Waals surface area (Å²) in [7, 11) is 0. The van der Waals surface area contributed by atoms with Crippen molar-refractivity contribution in [1.29, 1.82) is 0 Å². The highest BCUT2D eigenvalue weighted by Gasteiger charge is 2.19. The first-order valence-electron chi connectivity index (χ1n) is 8.65. The normalized spacial score (nSPS) is 19.3. The highest BCUT2D eigenvalue weighted by atomic mass is 127. The van der Waals surface area contributed by atoms with E-state index in [1.807, 2.05) is 12.1 Å². The molecule has 0 atom stereocenters. The van der Waals surface area contributed by atoms with Crippen LogP contribution in [0, 0.1) is 0 Å². The van der Waals surface area contributed by atoms with Crippen molar-refractivity contribution in [2.24, 2.45) is 4.99 Å². The minimum atomic E-state index is 0. The summed E-state index contributed by atoms with van der Waals surface area (Å²) < 4.78 is 16.2. The lowest BCUT2D eigenvalue weighted by Crippen LogP contribution is -2.50.